The second-order valence-corrected chi connectivity index (χ2v) is 4.90. The molecule has 1 aromatic rings. The van der Waals surface area contributed by atoms with E-state index in [4.69, 9.17) is 0 Å². The quantitative estimate of drug-likeness (QED) is 0.710. The fraction of sp³-hybridized carbons (Fsp3) is 0.385. The van der Waals surface area contributed by atoms with Gasteiger partial charge in [-0.3, -0.25) is 0 Å². The van der Waals surface area contributed by atoms with E-state index in [0.29, 0.717) is 0 Å². The zero-order valence-electron chi connectivity index (χ0n) is 9.09. The maximum Gasteiger partial charge on any atom is 0.0350 e. The van der Waals surface area contributed by atoms with E-state index in [1.54, 1.807) is 0 Å². The largest absolute Gasteiger partial charge is 0.380 e. The first-order valence-corrected chi connectivity index (χ1v) is 5.12. The summed E-state index contributed by atoms with van der Waals surface area (Å²) in [7, 11) is 0. The van der Waals surface area contributed by atoms with Gasteiger partial charge in [0, 0.05) is 11.2 Å². The van der Waals surface area contributed by atoms with Crippen LogP contribution < -0.4 is 5.32 Å². The van der Waals surface area contributed by atoms with Crippen LogP contribution in [0.25, 0.3) is 6.08 Å². The Hall–Kier alpha value is -1.24. The average molecular weight is 187 g/mol. The lowest BCUT2D eigenvalue weighted by atomic mass is 10.1. The van der Waals surface area contributed by atoms with Gasteiger partial charge >= 0.3 is 0 Å². The number of allylic oxidation sites excluding steroid dienone is 1. The highest BCUT2D eigenvalue weighted by Gasteiger charge is 2.11. The van der Waals surface area contributed by atoms with E-state index in [9.17, 15) is 0 Å². The summed E-state index contributed by atoms with van der Waals surface area (Å²) in [4.78, 5) is 0. The molecule has 14 heavy (non-hydrogen) atoms. The third-order valence-corrected chi connectivity index (χ3v) is 2.30. The van der Waals surface area contributed by atoms with Gasteiger partial charge in [0.25, 0.3) is 0 Å². The summed E-state index contributed by atoms with van der Waals surface area (Å²) in [6, 6.07) is 6.60. The third-order valence-electron chi connectivity index (χ3n) is 2.30. The van der Waals surface area contributed by atoms with Gasteiger partial charge in [0.15, 0.2) is 0 Å². The Bertz CT molecular complexity index is 369. The van der Waals surface area contributed by atoms with Gasteiger partial charge in [-0.2, -0.15) is 0 Å². The van der Waals surface area contributed by atoms with Crippen molar-refractivity contribution in [3.63, 3.8) is 0 Å². The Balaban J connectivity index is 2.25. The van der Waals surface area contributed by atoms with Gasteiger partial charge in [0.05, 0.1) is 0 Å². The third kappa shape index (κ3) is 1.98. The van der Waals surface area contributed by atoms with Crippen molar-refractivity contribution in [2.24, 2.45) is 0 Å². The van der Waals surface area contributed by atoms with Crippen molar-refractivity contribution in [3.05, 3.63) is 35.4 Å². The van der Waals surface area contributed by atoms with Crippen molar-refractivity contribution < 1.29 is 0 Å². The average Bonchev–Trinajstić information content (AvgIpc) is 2.47. The molecule has 1 aliphatic rings. The lowest BCUT2D eigenvalue weighted by Gasteiger charge is -2.22. The number of hydrogen-bond acceptors (Lipinski definition) is 1. The number of benzene rings is 1. The van der Waals surface area contributed by atoms with Crippen LogP contribution in [0.2, 0.25) is 0 Å². The highest BCUT2D eigenvalue weighted by Crippen LogP contribution is 2.24. The van der Waals surface area contributed by atoms with Crippen LogP contribution in [0.1, 0.15) is 31.9 Å². The summed E-state index contributed by atoms with van der Waals surface area (Å²) < 4.78 is 0. The minimum atomic E-state index is 0.135. The first kappa shape index (κ1) is 9.32. The van der Waals surface area contributed by atoms with Gasteiger partial charge in [-0.25, -0.2) is 0 Å². The van der Waals surface area contributed by atoms with Crippen LogP contribution in [0.4, 0.5) is 5.69 Å². The van der Waals surface area contributed by atoms with Crippen LogP contribution in [-0.4, -0.2) is 5.54 Å². The van der Waals surface area contributed by atoms with Gasteiger partial charge in [-0.1, -0.05) is 18.2 Å². The van der Waals surface area contributed by atoms with Gasteiger partial charge in [-0.15, -0.1) is 0 Å². The van der Waals surface area contributed by atoms with Crippen molar-refractivity contribution in [3.8, 4) is 0 Å². The highest BCUT2D eigenvalue weighted by molar-refractivity contribution is 5.65. The molecule has 1 aromatic carbocycles. The summed E-state index contributed by atoms with van der Waals surface area (Å²) in [5, 5.41) is 3.48. The second-order valence-electron chi connectivity index (χ2n) is 4.90. The van der Waals surface area contributed by atoms with Crippen LogP contribution in [0.5, 0.6) is 0 Å². The standard InChI is InChI=1S/C13H17N/c1-13(2,3)14-12-8-7-10-5-4-6-11(10)9-12/h4,6-9,14H,5H2,1-3H3. The van der Waals surface area contributed by atoms with E-state index >= 15 is 0 Å². The van der Waals surface area contributed by atoms with Gasteiger partial charge in [-0.05, 0) is 50.5 Å². The molecule has 0 spiro atoms. The van der Waals surface area contributed by atoms with Crippen molar-refractivity contribution >= 4 is 11.8 Å². The Morgan fingerprint density at radius 3 is 2.71 bits per heavy atom. The molecular formula is C13H17N. The number of anilines is 1. The zero-order valence-corrected chi connectivity index (χ0v) is 9.09. The van der Waals surface area contributed by atoms with E-state index < -0.39 is 0 Å². The molecule has 0 saturated heterocycles. The topological polar surface area (TPSA) is 12.0 Å². The summed E-state index contributed by atoms with van der Waals surface area (Å²) in [5.41, 5.74) is 4.14. The van der Waals surface area contributed by atoms with E-state index in [2.05, 4.69) is 56.4 Å². The number of hydrogen-bond donors (Lipinski definition) is 1. The fourth-order valence-electron chi connectivity index (χ4n) is 1.76. The highest BCUT2D eigenvalue weighted by atomic mass is 14.9. The molecule has 0 radical (unpaired) electrons. The molecule has 0 aliphatic heterocycles. The van der Waals surface area contributed by atoms with Crippen LogP contribution >= 0.6 is 0 Å². The second kappa shape index (κ2) is 3.16. The summed E-state index contributed by atoms with van der Waals surface area (Å²) in [6.45, 7) is 6.53. The molecule has 0 atom stereocenters. The van der Waals surface area contributed by atoms with E-state index in [-0.39, 0.29) is 5.54 Å². The van der Waals surface area contributed by atoms with Crippen molar-refractivity contribution in [2.75, 3.05) is 5.32 Å². The van der Waals surface area contributed by atoms with Crippen LogP contribution in [-0.2, 0) is 6.42 Å². The van der Waals surface area contributed by atoms with Gasteiger partial charge in [0.1, 0.15) is 0 Å². The first-order valence-electron chi connectivity index (χ1n) is 5.12. The molecule has 1 heteroatoms. The Kier molecular flexibility index (Phi) is 2.10. The van der Waals surface area contributed by atoms with Crippen molar-refractivity contribution in [2.45, 2.75) is 32.7 Å². The minimum absolute atomic E-state index is 0.135. The van der Waals surface area contributed by atoms with Crippen LogP contribution in [0.15, 0.2) is 24.3 Å². The Morgan fingerprint density at radius 1 is 1.21 bits per heavy atom. The van der Waals surface area contributed by atoms with E-state index in [0.717, 1.165) is 6.42 Å². The lowest BCUT2D eigenvalue weighted by molar-refractivity contribution is 0.634. The molecule has 0 amide bonds. The zero-order chi connectivity index (χ0) is 10.2. The van der Waals surface area contributed by atoms with E-state index in [1.165, 1.54) is 16.8 Å². The predicted molar refractivity (Wildman–Crippen MR) is 62.6 cm³/mol. The molecular weight excluding hydrogens is 170 g/mol. The Morgan fingerprint density at radius 2 is 2.00 bits per heavy atom. The molecule has 0 saturated carbocycles. The molecule has 1 aliphatic carbocycles. The SMILES string of the molecule is CC(C)(C)Nc1ccc2c(c1)C=CC2. The smallest absolute Gasteiger partial charge is 0.0350 e. The number of rotatable bonds is 1. The molecule has 0 bridgehead atoms. The maximum absolute atomic E-state index is 3.48. The normalized spacial score (nSPS) is 14.2. The van der Waals surface area contributed by atoms with Gasteiger partial charge in [0.2, 0.25) is 0 Å². The molecule has 1 nitrogen and oxygen atoms in total. The summed E-state index contributed by atoms with van der Waals surface area (Å²) in [6.07, 6.45) is 5.50. The molecule has 0 aromatic heterocycles. The molecule has 1 N–H and O–H groups in total. The molecule has 0 unspecified atom stereocenters. The number of fused-ring (bicyclic) bond motifs is 1. The van der Waals surface area contributed by atoms with E-state index in [1.807, 2.05) is 0 Å². The predicted octanol–water partition coefficient (Wildman–Crippen LogP) is 3.47. The van der Waals surface area contributed by atoms with Crippen molar-refractivity contribution in [1.29, 1.82) is 0 Å². The minimum Gasteiger partial charge on any atom is -0.380 e. The molecule has 0 heterocycles. The molecule has 0 fully saturated rings. The maximum atomic E-state index is 3.48. The lowest BCUT2D eigenvalue weighted by Crippen LogP contribution is -2.25. The van der Waals surface area contributed by atoms with Crippen LogP contribution in [0.3, 0.4) is 0 Å². The van der Waals surface area contributed by atoms with Crippen molar-refractivity contribution in [1.82, 2.24) is 0 Å². The molecule has 74 valence electrons. The fourth-order valence-corrected chi connectivity index (χ4v) is 1.76. The summed E-state index contributed by atoms with van der Waals surface area (Å²) >= 11 is 0. The first-order chi connectivity index (χ1) is 6.54. The summed E-state index contributed by atoms with van der Waals surface area (Å²) in [5.74, 6) is 0. The van der Waals surface area contributed by atoms with Crippen LogP contribution in [0, 0.1) is 0 Å². The van der Waals surface area contributed by atoms with Gasteiger partial charge < -0.3 is 5.32 Å². The number of nitrogens with one attached hydrogen (secondary N) is 1. The monoisotopic (exact) mass is 187 g/mol. The Labute approximate surface area is 85.8 Å². The molecule has 2 rings (SSSR count).